The van der Waals surface area contributed by atoms with Gasteiger partial charge in [0.25, 0.3) is 0 Å². The van der Waals surface area contributed by atoms with E-state index in [1.165, 1.54) is 5.56 Å². The van der Waals surface area contributed by atoms with Crippen LogP contribution in [0.3, 0.4) is 0 Å². The van der Waals surface area contributed by atoms with Gasteiger partial charge in [-0.05, 0) is 18.1 Å². The summed E-state index contributed by atoms with van der Waals surface area (Å²) in [6.45, 7) is 0.985. The Hall–Kier alpha value is -1.38. The largest absolute Gasteiger partial charge is 0.493 e. The van der Waals surface area contributed by atoms with Crippen LogP contribution in [0.15, 0.2) is 12.1 Å². The average molecular weight is 179 g/mol. The van der Waals surface area contributed by atoms with Crippen molar-refractivity contribution in [2.75, 3.05) is 26.1 Å². The number of nitrogens with one attached hydrogen (secondary N) is 1. The molecule has 0 aromatic heterocycles. The van der Waals surface area contributed by atoms with Crippen molar-refractivity contribution >= 4 is 5.69 Å². The van der Waals surface area contributed by atoms with Crippen LogP contribution in [-0.2, 0) is 6.42 Å². The number of fused-ring (bicyclic) bond motifs is 1. The highest BCUT2D eigenvalue weighted by Crippen LogP contribution is 2.40. The SMILES string of the molecule is COc1ccc2c(c1OC)NCC2. The van der Waals surface area contributed by atoms with Gasteiger partial charge < -0.3 is 14.8 Å². The van der Waals surface area contributed by atoms with Crippen molar-refractivity contribution in [3.8, 4) is 11.5 Å². The molecule has 1 N–H and O–H groups in total. The first-order valence-corrected chi connectivity index (χ1v) is 4.34. The Morgan fingerprint density at radius 2 is 2.08 bits per heavy atom. The zero-order chi connectivity index (χ0) is 9.26. The number of methoxy groups -OCH3 is 2. The maximum atomic E-state index is 5.29. The molecule has 13 heavy (non-hydrogen) atoms. The lowest BCUT2D eigenvalue weighted by molar-refractivity contribution is 0.356. The molecule has 3 nitrogen and oxygen atoms in total. The molecule has 0 saturated heterocycles. The van der Waals surface area contributed by atoms with Crippen molar-refractivity contribution in [1.29, 1.82) is 0 Å². The quantitative estimate of drug-likeness (QED) is 0.749. The number of rotatable bonds is 2. The minimum Gasteiger partial charge on any atom is -0.493 e. The summed E-state index contributed by atoms with van der Waals surface area (Å²) in [6.07, 6.45) is 1.07. The van der Waals surface area contributed by atoms with Gasteiger partial charge in [0.2, 0.25) is 0 Å². The third kappa shape index (κ3) is 1.20. The van der Waals surface area contributed by atoms with Crippen molar-refractivity contribution in [3.05, 3.63) is 17.7 Å². The molecule has 1 aromatic rings. The lowest BCUT2D eigenvalue weighted by Gasteiger charge is -2.11. The molecule has 0 bridgehead atoms. The molecule has 0 saturated carbocycles. The van der Waals surface area contributed by atoms with Gasteiger partial charge in [0, 0.05) is 6.54 Å². The first-order chi connectivity index (χ1) is 6.36. The number of hydrogen-bond acceptors (Lipinski definition) is 3. The number of hydrogen-bond donors (Lipinski definition) is 1. The summed E-state index contributed by atoms with van der Waals surface area (Å²) in [4.78, 5) is 0. The van der Waals surface area contributed by atoms with Gasteiger partial charge in [-0.25, -0.2) is 0 Å². The molecule has 3 heteroatoms. The van der Waals surface area contributed by atoms with Crippen LogP contribution in [0.5, 0.6) is 11.5 Å². The summed E-state index contributed by atoms with van der Waals surface area (Å²) in [5.74, 6) is 1.60. The second-order valence-corrected chi connectivity index (χ2v) is 3.01. The van der Waals surface area contributed by atoms with Crippen LogP contribution in [0.25, 0.3) is 0 Å². The van der Waals surface area contributed by atoms with Gasteiger partial charge in [-0.3, -0.25) is 0 Å². The van der Waals surface area contributed by atoms with E-state index in [1.54, 1.807) is 14.2 Å². The molecule has 1 aliphatic heterocycles. The summed E-state index contributed by atoms with van der Waals surface area (Å²) >= 11 is 0. The Labute approximate surface area is 77.7 Å². The van der Waals surface area contributed by atoms with Crippen LogP contribution in [0, 0.1) is 0 Å². The molecule has 0 amide bonds. The normalized spacial score (nSPS) is 13.4. The van der Waals surface area contributed by atoms with E-state index in [4.69, 9.17) is 9.47 Å². The van der Waals surface area contributed by atoms with E-state index < -0.39 is 0 Å². The maximum Gasteiger partial charge on any atom is 0.184 e. The zero-order valence-electron chi connectivity index (χ0n) is 7.89. The first kappa shape index (κ1) is 8.23. The van der Waals surface area contributed by atoms with Crippen LogP contribution in [0.2, 0.25) is 0 Å². The highest BCUT2D eigenvalue weighted by molar-refractivity contribution is 5.70. The Balaban J connectivity index is 2.53. The third-order valence-corrected chi connectivity index (χ3v) is 2.33. The molecule has 0 unspecified atom stereocenters. The summed E-state index contributed by atoms with van der Waals surface area (Å²) in [7, 11) is 3.32. The lowest BCUT2D eigenvalue weighted by atomic mass is 10.1. The predicted octanol–water partition coefficient (Wildman–Crippen LogP) is 1.67. The summed E-state index contributed by atoms with van der Waals surface area (Å²) in [5.41, 5.74) is 2.39. The van der Waals surface area contributed by atoms with Crippen molar-refractivity contribution in [2.45, 2.75) is 6.42 Å². The molecule has 0 aliphatic carbocycles. The standard InChI is InChI=1S/C10H13NO2/c1-12-8-4-3-7-5-6-11-9(7)10(8)13-2/h3-4,11H,5-6H2,1-2H3. The van der Waals surface area contributed by atoms with Crippen LogP contribution in [-0.4, -0.2) is 20.8 Å². The lowest BCUT2D eigenvalue weighted by Crippen LogP contribution is -1.96. The highest BCUT2D eigenvalue weighted by Gasteiger charge is 2.18. The van der Waals surface area contributed by atoms with E-state index in [1.807, 2.05) is 6.07 Å². The minimum atomic E-state index is 0.788. The minimum absolute atomic E-state index is 0.788. The fourth-order valence-corrected chi connectivity index (χ4v) is 1.69. The molecule has 1 aromatic carbocycles. The topological polar surface area (TPSA) is 30.5 Å². The molecule has 1 aliphatic rings. The van der Waals surface area contributed by atoms with Crippen LogP contribution in [0.1, 0.15) is 5.56 Å². The smallest absolute Gasteiger partial charge is 0.184 e. The number of anilines is 1. The van der Waals surface area contributed by atoms with E-state index in [9.17, 15) is 0 Å². The van der Waals surface area contributed by atoms with Gasteiger partial charge in [0.15, 0.2) is 11.5 Å². The van der Waals surface area contributed by atoms with Crippen molar-refractivity contribution < 1.29 is 9.47 Å². The van der Waals surface area contributed by atoms with E-state index in [0.717, 1.165) is 30.2 Å². The maximum absolute atomic E-state index is 5.29. The average Bonchev–Trinajstić information content (AvgIpc) is 2.63. The van der Waals surface area contributed by atoms with Gasteiger partial charge in [0.05, 0.1) is 19.9 Å². The highest BCUT2D eigenvalue weighted by atomic mass is 16.5. The Bertz CT molecular complexity index is 323. The van der Waals surface area contributed by atoms with Crippen molar-refractivity contribution in [1.82, 2.24) is 0 Å². The zero-order valence-corrected chi connectivity index (χ0v) is 7.89. The van der Waals surface area contributed by atoms with Crippen molar-refractivity contribution in [2.24, 2.45) is 0 Å². The second kappa shape index (κ2) is 3.17. The van der Waals surface area contributed by atoms with Gasteiger partial charge in [-0.1, -0.05) is 6.07 Å². The van der Waals surface area contributed by atoms with Gasteiger partial charge in [-0.2, -0.15) is 0 Å². The van der Waals surface area contributed by atoms with E-state index in [2.05, 4.69) is 11.4 Å². The van der Waals surface area contributed by atoms with E-state index in [0.29, 0.717) is 0 Å². The molecular formula is C10H13NO2. The summed E-state index contributed by atoms with van der Waals surface area (Å²) in [6, 6.07) is 4.03. The second-order valence-electron chi connectivity index (χ2n) is 3.01. The monoisotopic (exact) mass is 179 g/mol. The molecule has 0 fully saturated rings. The molecular weight excluding hydrogens is 166 g/mol. The summed E-state index contributed by atoms with van der Waals surface area (Å²) < 4.78 is 10.5. The van der Waals surface area contributed by atoms with Crippen LogP contribution >= 0.6 is 0 Å². The molecule has 2 rings (SSSR count). The van der Waals surface area contributed by atoms with E-state index >= 15 is 0 Å². The van der Waals surface area contributed by atoms with E-state index in [-0.39, 0.29) is 0 Å². The third-order valence-electron chi connectivity index (χ3n) is 2.33. The molecule has 0 radical (unpaired) electrons. The van der Waals surface area contributed by atoms with Gasteiger partial charge in [0.1, 0.15) is 0 Å². The first-order valence-electron chi connectivity index (χ1n) is 4.34. The predicted molar refractivity (Wildman–Crippen MR) is 51.7 cm³/mol. The van der Waals surface area contributed by atoms with Crippen LogP contribution < -0.4 is 14.8 Å². The molecule has 0 spiro atoms. The summed E-state index contributed by atoms with van der Waals surface area (Å²) in [5, 5.41) is 3.29. The fourth-order valence-electron chi connectivity index (χ4n) is 1.69. The van der Waals surface area contributed by atoms with Gasteiger partial charge >= 0.3 is 0 Å². The van der Waals surface area contributed by atoms with Gasteiger partial charge in [-0.15, -0.1) is 0 Å². The molecule has 1 heterocycles. The van der Waals surface area contributed by atoms with Crippen molar-refractivity contribution in [3.63, 3.8) is 0 Å². The molecule has 0 atom stereocenters. The number of benzene rings is 1. The fraction of sp³-hybridized carbons (Fsp3) is 0.400. The molecule has 70 valence electrons. The Morgan fingerprint density at radius 1 is 1.23 bits per heavy atom. The number of ether oxygens (including phenoxy) is 2. The Morgan fingerprint density at radius 3 is 2.77 bits per heavy atom. The Kier molecular flexibility index (Phi) is 2.00. The van der Waals surface area contributed by atoms with Crippen LogP contribution in [0.4, 0.5) is 5.69 Å².